The van der Waals surface area contributed by atoms with Crippen LogP contribution in [0.2, 0.25) is 0 Å². The number of aromatic nitrogens is 6. The van der Waals surface area contributed by atoms with Crippen LogP contribution in [0.15, 0.2) is 66.1 Å². The van der Waals surface area contributed by atoms with Crippen LogP contribution in [0.4, 0.5) is 0 Å². The van der Waals surface area contributed by atoms with Crippen molar-refractivity contribution in [2.75, 3.05) is 0 Å². The summed E-state index contributed by atoms with van der Waals surface area (Å²) in [7, 11) is 0. The molecule has 0 amide bonds. The lowest BCUT2D eigenvalue weighted by atomic mass is 10.1. The lowest BCUT2D eigenvalue weighted by molar-refractivity contribution is 0.470. The van der Waals surface area contributed by atoms with E-state index in [1.54, 1.807) is 23.3 Å². The summed E-state index contributed by atoms with van der Waals surface area (Å²) in [5.74, 6) is 0.514. The Morgan fingerprint density at radius 1 is 1.12 bits per heavy atom. The van der Waals surface area contributed by atoms with Gasteiger partial charge in [0.05, 0.1) is 18.6 Å². The maximum atomic E-state index is 12.2. The van der Waals surface area contributed by atoms with Gasteiger partial charge in [-0.2, -0.15) is 10.2 Å². The van der Waals surface area contributed by atoms with E-state index in [2.05, 4.69) is 25.3 Å². The molecule has 4 rings (SSSR count). The first-order chi connectivity index (χ1) is 12.7. The third-order valence-electron chi connectivity index (χ3n) is 3.82. The highest BCUT2D eigenvalue weighted by Gasteiger charge is 2.08. The molecule has 1 aromatic carbocycles. The third kappa shape index (κ3) is 3.20. The van der Waals surface area contributed by atoms with Crippen LogP contribution in [0.25, 0.3) is 17.1 Å². The quantitative estimate of drug-likeness (QED) is 0.582. The van der Waals surface area contributed by atoms with E-state index in [9.17, 15) is 9.90 Å². The van der Waals surface area contributed by atoms with Crippen LogP contribution in [0.5, 0.6) is 5.75 Å². The van der Waals surface area contributed by atoms with Gasteiger partial charge in [-0.05, 0) is 11.6 Å². The molecule has 0 atom stereocenters. The molecule has 8 heteroatoms. The van der Waals surface area contributed by atoms with Crippen LogP contribution < -0.4 is 5.43 Å². The highest BCUT2D eigenvalue weighted by Crippen LogP contribution is 2.18. The summed E-state index contributed by atoms with van der Waals surface area (Å²) in [5.41, 5.74) is 2.76. The summed E-state index contributed by atoms with van der Waals surface area (Å²) in [4.78, 5) is 20.4. The number of nitrogens with zero attached hydrogens (tertiary/aromatic N) is 5. The normalized spacial score (nSPS) is 10.8. The second-order valence-corrected chi connectivity index (χ2v) is 5.67. The fraction of sp³-hybridized carbons (Fsp3) is 0.0556. The highest BCUT2D eigenvalue weighted by molar-refractivity contribution is 5.56. The number of hydrogen-bond donors (Lipinski definition) is 2. The van der Waals surface area contributed by atoms with Gasteiger partial charge in [-0.1, -0.05) is 18.2 Å². The summed E-state index contributed by atoms with van der Waals surface area (Å²) in [5, 5.41) is 20.3. The monoisotopic (exact) mass is 346 g/mol. The van der Waals surface area contributed by atoms with Crippen molar-refractivity contribution in [3.63, 3.8) is 0 Å². The molecular formula is C18H14N6O2. The van der Waals surface area contributed by atoms with E-state index in [1.165, 1.54) is 18.5 Å². The Balaban J connectivity index is 1.65. The standard InChI is InChI=1S/C18H14N6O2/c25-15-10-19-18(20-11-15)13-3-1-2-12(6-13)7-16-17(26)4-5-24(23-16)14-8-21-22-9-14/h1-6,8-11,25H,7H2,(H,21,22). The second-order valence-electron chi connectivity index (χ2n) is 5.67. The number of hydrogen-bond acceptors (Lipinski definition) is 6. The van der Waals surface area contributed by atoms with E-state index in [1.807, 2.05) is 24.3 Å². The topological polar surface area (TPSA) is 110 Å². The van der Waals surface area contributed by atoms with Crippen LogP contribution >= 0.6 is 0 Å². The average Bonchev–Trinajstić information content (AvgIpc) is 3.19. The van der Waals surface area contributed by atoms with Crippen molar-refractivity contribution in [3.05, 3.63) is 82.8 Å². The van der Waals surface area contributed by atoms with Crippen LogP contribution in [0.3, 0.4) is 0 Å². The number of aromatic hydroxyl groups is 1. The van der Waals surface area contributed by atoms with Crippen LogP contribution in [0, 0.1) is 0 Å². The Labute approximate surface area is 147 Å². The molecule has 0 aliphatic rings. The Hall–Kier alpha value is -3.81. The largest absolute Gasteiger partial charge is 0.505 e. The summed E-state index contributed by atoms with van der Waals surface area (Å²) in [6, 6.07) is 9.06. The third-order valence-corrected chi connectivity index (χ3v) is 3.82. The van der Waals surface area contributed by atoms with Gasteiger partial charge in [0.2, 0.25) is 5.43 Å². The molecule has 0 unspecified atom stereocenters. The molecule has 26 heavy (non-hydrogen) atoms. The van der Waals surface area contributed by atoms with Gasteiger partial charge in [-0.3, -0.25) is 9.89 Å². The number of aromatic amines is 1. The van der Waals surface area contributed by atoms with E-state index >= 15 is 0 Å². The Bertz CT molecular complexity index is 1090. The minimum atomic E-state index is -0.129. The Kier molecular flexibility index (Phi) is 3.98. The van der Waals surface area contributed by atoms with Crippen molar-refractivity contribution in [2.24, 2.45) is 0 Å². The minimum absolute atomic E-state index is 0.0122. The maximum Gasteiger partial charge on any atom is 0.203 e. The molecule has 0 saturated heterocycles. The first-order valence-corrected chi connectivity index (χ1v) is 7.87. The number of benzene rings is 1. The molecule has 3 aromatic heterocycles. The van der Waals surface area contributed by atoms with Crippen LogP contribution in [-0.2, 0) is 6.42 Å². The fourth-order valence-electron chi connectivity index (χ4n) is 2.57. The SMILES string of the molecule is O=c1ccn(-c2cn[nH]c2)nc1Cc1cccc(-c2ncc(O)cn2)c1. The Morgan fingerprint density at radius 2 is 1.96 bits per heavy atom. The summed E-state index contributed by atoms with van der Waals surface area (Å²) in [6.07, 6.45) is 8.00. The molecular weight excluding hydrogens is 332 g/mol. The average molecular weight is 346 g/mol. The zero-order valence-electron chi connectivity index (χ0n) is 13.6. The van der Waals surface area contributed by atoms with Crippen molar-refractivity contribution in [1.29, 1.82) is 0 Å². The molecule has 0 saturated carbocycles. The van der Waals surface area contributed by atoms with Crippen molar-refractivity contribution in [1.82, 2.24) is 29.9 Å². The maximum absolute atomic E-state index is 12.2. The molecule has 0 aliphatic carbocycles. The first kappa shape index (κ1) is 15.7. The van der Waals surface area contributed by atoms with Gasteiger partial charge >= 0.3 is 0 Å². The van der Waals surface area contributed by atoms with E-state index in [0.717, 1.165) is 16.8 Å². The first-order valence-electron chi connectivity index (χ1n) is 7.87. The molecule has 0 aliphatic heterocycles. The lowest BCUT2D eigenvalue weighted by Crippen LogP contribution is -2.16. The summed E-state index contributed by atoms with van der Waals surface area (Å²) in [6.45, 7) is 0. The number of nitrogens with one attached hydrogen (secondary N) is 1. The van der Waals surface area contributed by atoms with Gasteiger partial charge < -0.3 is 5.11 Å². The zero-order valence-corrected chi connectivity index (χ0v) is 13.6. The van der Waals surface area contributed by atoms with E-state index in [4.69, 9.17) is 0 Å². The molecule has 8 nitrogen and oxygen atoms in total. The van der Waals surface area contributed by atoms with E-state index in [-0.39, 0.29) is 11.2 Å². The highest BCUT2D eigenvalue weighted by atomic mass is 16.3. The van der Waals surface area contributed by atoms with Crippen LogP contribution in [-0.4, -0.2) is 35.1 Å². The molecule has 3 heterocycles. The van der Waals surface area contributed by atoms with Crippen molar-refractivity contribution >= 4 is 0 Å². The summed E-state index contributed by atoms with van der Waals surface area (Å²) >= 11 is 0. The predicted octanol–water partition coefficient (Wildman–Crippen LogP) is 1.71. The lowest BCUT2D eigenvalue weighted by Gasteiger charge is -2.06. The van der Waals surface area contributed by atoms with Gasteiger partial charge in [0, 0.05) is 30.4 Å². The van der Waals surface area contributed by atoms with Crippen molar-refractivity contribution in [3.8, 4) is 22.8 Å². The second kappa shape index (κ2) is 6.60. The summed E-state index contributed by atoms with van der Waals surface area (Å²) < 4.78 is 1.60. The predicted molar refractivity (Wildman–Crippen MR) is 93.9 cm³/mol. The fourth-order valence-corrected chi connectivity index (χ4v) is 2.57. The smallest absolute Gasteiger partial charge is 0.203 e. The zero-order chi connectivity index (χ0) is 17.9. The molecule has 0 bridgehead atoms. The minimum Gasteiger partial charge on any atom is -0.505 e. The van der Waals surface area contributed by atoms with Gasteiger partial charge in [0.1, 0.15) is 11.4 Å². The van der Waals surface area contributed by atoms with Gasteiger partial charge in [-0.15, -0.1) is 0 Å². The molecule has 4 aromatic rings. The molecule has 0 spiro atoms. The van der Waals surface area contributed by atoms with Crippen molar-refractivity contribution < 1.29 is 5.11 Å². The molecule has 0 fully saturated rings. The Morgan fingerprint density at radius 3 is 2.73 bits per heavy atom. The van der Waals surface area contributed by atoms with Crippen molar-refractivity contribution in [2.45, 2.75) is 6.42 Å². The van der Waals surface area contributed by atoms with E-state index in [0.29, 0.717) is 17.9 Å². The van der Waals surface area contributed by atoms with E-state index < -0.39 is 0 Å². The number of H-pyrrole nitrogens is 1. The molecule has 128 valence electrons. The van der Waals surface area contributed by atoms with Crippen LogP contribution in [0.1, 0.15) is 11.3 Å². The van der Waals surface area contributed by atoms with Gasteiger partial charge in [0.25, 0.3) is 0 Å². The molecule has 2 N–H and O–H groups in total. The van der Waals surface area contributed by atoms with Gasteiger partial charge in [0.15, 0.2) is 11.6 Å². The van der Waals surface area contributed by atoms with Gasteiger partial charge in [-0.25, -0.2) is 14.6 Å². The molecule has 0 radical (unpaired) electrons. The number of rotatable bonds is 4.